The molecular formula is C14H14N4S. The van der Waals surface area contributed by atoms with Crippen LogP contribution in [0.1, 0.15) is 10.7 Å². The Bertz CT molecular complexity index is 640. The average Bonchev–Trinajstić information content (AvgIpc) is 3.08. The molecule has 0 saturated carbocycles. The van der Waals surface area contributed by atoms with E-state index in [9.17, 15) is 0 Å². The molecule has 0 aliphatic heterocycles. The van der Waals surface area contributed by atoms with E-state index in [1.165, 1.54) is 0 Å². The number of benzene rings is 1. The van der Waals surface area contributed by atoms with Gasteiger partial charge in [-0.1, -0.05) is 12.1 Å². The number of hydrogen-bond donors (Lipinski definition) is 2. The highest BCUT2D eigenvalue weighted by Gasteiger charge is 2.00. The van der Waals surface area contributed by atoms with E-state index in [1.807, 2.05) is 13.0 Å². The SMILES string of the molecule is Cc1nc(CNc2ccc(-c3ccn[nH]3)cc2)cs1. The number of thiazole rings is 1. The molecule has 19 heavy (non-hydrogen) atoms. The highest BCUT2D eigenvalue weighted by Crippen LogP contribution is 2.19. The van der Waals surface area contributed by atoms with Gasteiger partial charge in [0.1, 0.15) is 0 Å². The van der Waals surface area contributed by atoms with Crippen LogP contribution in [0.15, 0.2) is 41.9 Å². The second kappa shape index (κ2) is 5.24. The van der Waals surface area contributed by atoms with Crippen LogP contribution in [0, 0.1) is 6.92 Å². The molecule has 1 aromatic carbocycles. The van der Waals surface area contributed by atoms with E-state index < -0.39 is 0 Å². The second-order valence-corrected chi connectivity index (χ2v) is 5.32. The Morgan fingerprint density at radius 1 is 1.21 bits per heavy atom. The number of aromatic nitrogens is 3. The molecule has 2 aromatic heterocycles. The molecule has 0 atom stereocenters. The molecule has 2 heterocycles. The Hall–Kier alpha value is -2.14. The van der Waals surface area contributed by atoms with Crippen molar-refractivity contribution in [3.8, 4) is 11.3 Å². The Kier molecular flexibility index (Phi) is 3.29. The van der Waals surface area contributed by atoms with Gasteiger partial charge in [0, 0.05) is 17.3 Å². The number of H-pyrrole nitrogens is 1. The van der Waals surface area contributed by atoms with E-state index in [4.69, 9.17) is 0 Å². The van der Waals surface area contributed by atoms with Gasteiger partial charge < -0.3 is 5.32 Å². The predicted molar refractivity (Wildman–Crippen MR) is 78.2 cm³/mol. The summed E-state index contributed by atoms with van der Waals surface area (Å²) in [5, 5.41) is 13.5. The quantitative estimate of drug-likeness (QED) is 0.763. The van der Waals surface area contributed by atoms with Gasteiger partial charge in [0.25, 0.3) is 0 Å². The summed E-state index contributed by atoms with van der Waals surface area (Å²) in [6, 6.07) is 10.2. The fraction of sp³-hybridized carbons (Fsp3) is 0.143. The first-order chi connectivity index (χ1) is 9.31. The second-order valence-electron chi connectivity index (χ2n) is 4.26. The van der Waals surface area contributed by atoms with E-state index in [1.54, 1.807) is 17.5 Å². The average molecular weight is 270 g/mol. The van der Waals surface area contributed by atoms with E-state index >= 15 is 0 Å². The first-order valence-electron chi connectivity index (χ1n) is 6.06. The Balaban J connectivity index is 1.66. The normalized spacial score (nSPS) is 10.6. The van der Waals surface area contributed by atoms with Gasteiger partial charge in [0.2, 0.25) is 0 Å². The van der Waals surface area contributed by atoms with Crippen LogP contribution < -0.4 is 5.32 Å². The van der Waals surface area contributed by atoms with Gasteiger partial charge in [-0.15, -0.1) is 11.3 Å². The molecule has 0 spiro atoms. The largest absolute Gasteiger partial charge is 0.379 e. The van der Waals surface area contributed by atoms with Crippen LogP contribution in [0.3, 0.4) is 0 Å². The zero-order chi connectivity index (χ0) is 13.1. The minimum absolute atomic E-state index is 0.758. The molecule has 0 aliphatic carbocycles. The molecule has 0 saturated heterocycles. The Labute approximate surface area is 115 Å². The van der Waals surface area contributed by atoms with Gasteiger partial charge in [-0.2, -0.15) is 5.10 Å². The van der Waals surface area contributed by atoms with Crippen molar-refractivity contribution in [3.63, 3.8) is 0 Å². The third-order valence-corrected chi connectivity index (χ3v) is 3.66. The molecule has 3 rings (SSSR count). The zero-order valence-electron chi connectivity index (χ0n) is 10.6. The van der Waals surface area contributed by atoms with Gasteiger partial charge in [0.05, 0.1) is 22.9 Å². The van der Waals surface area contributed by atoms with Crippen LogP contribution in [0.25, 0.3) is 11.3 Å². The number of rotatable bonds is 4. The highest BCUT2D eigenvalue weighted by molar-refractivity contribution is 7.09. The van der Waals surface area contributed by atoms with Gasteiger partial charge in [-0.25, -0.2) is 4.98 Å². The lowest BCUT2D eigenvalue weighted by molar-refractivity contribution is 1.05. The lowest BCUT2D eigenvalue weighted by Gasteiger charge is -2.05. The van der Waals surface area contributed by atoms with Crippen LogP contribution in [0.4, 0.5) is 5.69 Å². The van der Waals surface area contributed by atoms with Crippen molar-refractivity contribution in [3.05, 3.63) is 52.6 Å². The predicted octanol–water partition coefficient (Wildman–Crippen LogP) is 3.45. The Morgan fingerprint density at radius 3 is 2.68 bits per heavy atom. The van der Waals surface area contributed by atoms with Crippen molar-refractivity contribution in [1.29, 1.82) is 0 Å². The molecule has 0 bridgehead atoms. The van der Waals surface area contributed by atoms with Crippen molar-refractivity contribution in [2.24, 2.45) is 0 Å². The van der Waals surface area contributed by atoms with Gasteiger partial charge >= 0.3 is 0 Å². The van der Waals surface area contributed by atoms with Crippen LogP contribution in [-0.2, 0) is 6.54 Å². The van der Waals surface area contributed by atoms with E-state index in [-0.39, 0.29) is 0 Å². The lowest BCUT2D eigenvalue weighted by Crippen LogP contribution is -1.99. The minimum Gasteiger partial charge on any atom is -0.379 e. The molecule has 0 radical (unpaired) electrons. The molecule has 4 nitrogen and oxygen atoms in total. The third-order valence-electron chi connectivity index (χ3n) is 2.84. The summed E-state index contributed by atoms with van der Waals surface area (Å²) in [6.07, 6.45) is 1.76. The topological polar surface area (TPSA) is 53.6 Å². The third kappa shape index (κ3) is 2.82. The molecule has 0 aliphatic rings. The molecule has 0 unspecified atom stereocenters. The van der Waals surface area contributed by atoms with Gasteiger partial charge in [-0.3, -0.25) is 5.10 Å². The summed E-state index contributed by atoms with van der Waals surface area (Å²) in [5.74, 6) is 0. The Morgan fingerprint density at radius 2 is 2.05 bits per heavy atom. The maximum Gasteiger partial charge on any atom is 0.0898 e. The fourth-order valence-electron chi connectivity index (χ4n) is 1.87. The van der Waals surface area contributed by atoms with Crippen LogP contribution in [0.5, 0.6) is 0 Å². The van der Waals surface area contributed by atoms with Crippen molar-refractivity contribution < 1.29 is 0 Å². The van der Waals surface area contributed by atoms with Crippen molar-refractivity contribution in [1.82, 2.24) is 15.2 Å². The summed E-state index contributed by atoms with van der Waals surface area (Å²) >= 11 is 1.68. The standard InChI is InChI=1S/C14H14N4S/c1-10-17-13(9-19-10)8-15-12-4-2-11(3-5-12)14-6-7-16-18-14/h2-7,9,15H,8H2,1H3,(H,16,18). The van der Waals surface area contributed by atoms with E-state index in [2.05, 4.69) is 50.1 Å². The van der Waals surface area contributed by atoms with Crippen molar-refractivity contribution in [2.45, 2.75) is 13.5 Å². The van der Waals surface area contributed by atoms with Gasteiger partial charge in [0.15, 0.2) is 0 Å². The number of nitrogens with zero attached hydrogens (tertiary/aromatic N) is 2. The van der Waals surface area contributed by atoms with E-state index in [0.29, 0.717) is 0 Å². The van der Waals surface area contributed by atoms with E-state index in [0.717, 1.165) is 34.2 Å². The van der Waals surface area contributed by atoms with Crippen molar-refractivity contribution >= 4 is 17.0 Å². The first kappa shape index (κ1) is 11.9. The lowest BCUT2D eigenvalue weighted by atomic mass is 10.1. The van der Waals surface area contributed by atoms with Gasteiger partial charge in [-0.05, 0) is 30.7 Å². The maximum absolute atomic E-state index is 4.43. The summed E-state index contributed by atoms with van der Waals surface area (Å²) in [4.78, 5) is 4.43. The van der Waals surface area contributed by atoms with Crippen LogP contribution >= 0.6 is 11.3 Å². The molecule has 0 fully saturated rings. The van der Waals surface area contributed by atoms with Crippen LogP contribution in [-0.4, -0.2) is 15.2 Å². The number of anilines is 1. The molecule has 5 heteroatoms. The molecule has 96 valence electrons. The monoisotopic (exact) mass is 270 g/mol. The molecular weight excluding hydrogens is 256 g/mol. The number of aryl methyl sites for hydroxylation is 1. The summed E-state index contributed by atoms with van der Waals surface area (Å²) in [5.41, 5.74) is 4.34. The first-order valence-corrected chi connectivity index (χ1v) is 6.94. The number of hydrogen-bond acceptors (Lipinski definition) is 4. The molecule has 3 aromatic rings. The molecule has 2 N–H and O–H groups in total. The maximum atomic E-state index is 4.43. The summed E-state index contributed by atoms with van der Waals surface area (Å²) in [6.45, 7) is 2.78. The van der Waals surface area contributed by atoms with Crippen LogP contribution in [0.2, 0.25) is 0 Å². The summed E-state index contributed by atoms with van der Waals surface area (Å²) in [7, 11) is 0. The fourth-order valence-corrected chi connectivity index (χ4v) is 2.48. The highest BCUT2D eigenvalue weighted by atomic mass is 32.1. The number of aromatic amines is 1. The zero-order valence-corrected chi connectivity index (χ0v) is 11.4. The molecule has 0 amide bonds. The van der Waals surface area contributed by atoms with Crippen molar-refractivity contribution in [2.75, 3.05) is 5.32 Å². The smallest absolute Gasteiger partial charge is 0.0898 e. The number of nitrogens with one attached hydrogen (secondary N) is 2. The minimum atomic E-state index is 0.758. The summed E-state index contributed by atoms with van der Waals surface area (Å²) < 4.78 is 0.